The van der Waals surface area contributed by atoms with Gasteiger partial charge < -0.3 is 20.3 Å². The number of aromatic amines is 1. The van der Waals surface area contributed by atoms with E-state index >= 15 is 0 Å². The van der Waals surface area contributed by atoms with Crippen LogP contribution in [-0.4, -0.2) is 56.2 Å². The van der Waals surface area contributed by atoms with Crippen molar-refractivity contribution in [2.24, 2.45) is 0 Å². The predicted octanol–water partition coefficient (Wildman–Crippen LogP) is 5.77. The quantitative estimate of drug-likeness (QED) is 0.214. The van der Waals surface area contributed by atoms with Gasteiger partial charge in [-0.05, 0) is 91.8 Å². The van der Waals surface area contributed by atoms with Gasteiger partial charge in [0.15, 0.2) is 11.5 Å². The van der Waals surface area contributed by atoms with Crippen molar-refractivity contribution >= 4 is 34.7 Å². The molecule has 10 heteroatoms. The molecule has 218 valence electrons. The molecule has 1 aliphatic heterocycles. The van der Waals surface area contributed by atoms with Crippen LogP contribution in [0.2, 0.25) is 0 Å². The number of piperidine rings is 1. The maximum Gasteiger partial charge on any atom is 0.415 e. The molecule has 4 heterocycles. The van der Waals surface area contributed by atoms with Gasteiger partial charge in [-0.25, -0.2) is 14.8 Å². The number of fused-ring (bicyclic) bond motifs is 1. The van der Waals surface area contributed by atoms with Crippen LogP contribution in [0.4, 0.5) is 16.4 Å². The van der Waals surface area contributed by atoms with Crippen molar-refractivity contribution in [3.8, 4) is 5.75 Å². The molecule has 2 amide bonds. The van der Waals surface area contributed by atoms with Crippen LogP contribution in [0.15, 0.2) is 85.2 Å². The third-order valence-electron chi connectivity index (χ3n) is 7.57. The first-order chi connectivity index (χ1) is 21.0. The van der Waals surface area contributed by atoms with E-state index in [1.54, 1.807) is 29.4 Å². The Balaban J connectivity index is 1.09. The highest BCUT2D eigenvalue weighted by atomic mass is 16.6. The van der Waals surface area contributed by atoms with Gasteiger partial charge in [0.1, 0.15) is 11.6 Å². The number of carbonyl (C=O) groups excluding carboxylic acids is 2. The van der Waals surface area contributed by atoms with Crippen LogP contribution in [-0.2, 0) is 12.8 Å². The zero-order valence-electron chi connectivity index (χ0n) is 23.9. The van der Waals surface area contributed by atoms with Gasteiger partial charge in [0.25, 0.3) is 5.91 Å². The van der Waals surface area contributed by atoms with Crippen LogP contribution >= 0.6 is 0 Å². The molecule has 10 nitrogen and oxygen atoms in total. The van der Waals surface area contributed by atoms with Crippen molar-refractivity contribution in [3.63, 3.8) is 0 Å². The number of likely N-dealkylation sites (tertiary alicyclic amines) is 1. The normalized spacial score (nSPS) is 14.8. The number of nitrogens with one attached hydrogen (secondary N) is 3. The highest BCUT2D eigenvalue weighted by Crippen LogP contribution is 2.27. The molecular formula is C33H33N7O3. The first-order valence-electron chi connectivity index (χ1n) is 14.4. The Labute approximate surface area is 249 Å². The molecule has 1 fully saturated rings. The van der Waals surface area contributed by atoms with E-state index < -0.39 is 0 Å². The molecule has 6 rings (SSSR count). The molecule has 2 aromatic carbocycles. The minimum atomic E-state index is -0.345. The van der Waals surface area contributed by atoms with Gasteiger partial charge in [0, 0.05) is 37.1 Å². The number of hydrogen-bond donors (Lipinski definition) is 3. The second kappa shape index (κ2) is 12.7. The van der Waals surface area contributed by atoms with E-state index in [0.717, 1.165) is 53.6 Å². The number of para-hydroxylation sites is 1. The van der Waals surface area contributed by atoms with Crippen LogP contribution in [0.25, 0.3) is 11.0 Å². The minimum Gasteiger partial charge on any atom is -0.410 e. The van der Waals surface area contributed by atoms with E-state index in [1.807, 2.05) is 67.6 Å². The number of ether oxygens (including phenoxy) is 1. The molecule has 5 aromatic rings. The maximum absolute atomic E-state index is 12.8. The summed E-state index contributed by atoms with van der Waals surface area (Å²) in [4.78, 5) is 35.9. The first-order valence-corrected chi connectivity index (χ1v) is 14.4. The summed E-state index contributed by atoms with van der Waals surface area (Å²) in [6, 6.07) is 22.5. The lowest BCUT2D eigenvalue weighted by Crippen LogP contribution is -2.46. The lowest BCUT2D eigenvalue weighted by molar-refractivity contribution is 0.102. The lowest BCUT2D eigenvalue weighted by Gasteiger charge is -2.32. The van der Waals surface area contributed by atoms with E-state index in [9.17, 15) is 9.59 Å². The van der Waals surface area contributed by atoms with Crippen LogP contribution in [0.3, 0.4) is 0 Å². The van der Waals surface area contributed by atoms with Gasteiger partial charge in [-0.3, -0.25) is 9.89 Å². The SMILES string of the molecule is Cc1ccnc(NC(=O)c2ccc(CCc3ccnc4[nH]nc(N[C@@H]5CCCN(C(=O)Oc6ccccc6)C5)c34)cc2)c1. The minimum absolute atomic E-state index is 0.0327. The van der Waals surface area contributed by atoms with Gasteiger partial charge in [-0.1, -0.05) is 30.3 Å². The van der Waals surface area contributed by atoms with E-state index in [-0.39, 0.29) is 18.0 Å². The summed E-state index contributed by atoms with van der Waals surface area (Å²) in [5.74, 6) is 1.62. The van der Waals surface area contributed by atoms with Crippen molar-refractivity contribution in [2.75, 3.05) is 23.7 Å². The Bertz CT molecular complexity index is 1720. The summed E-state index contributed by atoms with van der Waals surface area (Å²) in [5, 5.41) is 14.9. The fraction of sp³-hybridized carbons (Fsp3) is 0.242. The number of aryl methyl sites for hydroxylation is 3. The summed E-state index contributed by atoms with van der Waals surface area (Å²) in [5.41, 5.74) is 4.56. The van der Waals surface area contributed by atoms with Crippen LogP contribution in [0.1, 0.15) is 39.9 Å². The summed E-state index contributed by atoms with van der Waals surface area (Å²) in [6.07, 6.45) is 6.46. The molecule has 3 aromatic heterocycles. The molecule has 0 radical (unpaired) electrons. The second-order valence-corrected chi connectivity index (χ2v) is 10.7. The second-order valence-electron chi connectivity index (χ2n) is 10.7. The van der Waals surface area contributed by atoms with E-state index in [2.05, 4.69) is 30.8 Å². The predicted molar refractivity (Wildman–Crippen MR) is 165 cm³/mol. The third-order valence-corrected chi connectivity index (χ3v) is 7.57. The van der Waals surface area contributed by atoms with Crippen LogP contribution < -0.4 is 15.4 Å². The van der Waals surface area contributed by atoms with Crippen molar-refractivity contribution < 1.29 is 14.3 Å². The molecule has 3 N–H and O–H groups in total. The molecule has 1 saturated heterocycles. The van der Waals surface area contributed by atoms with Crippen molar-refractivity contribution in [1.29, 1.82) is 0 Å². The molecule has 0 spiro atoms. The zero-order valence-corrected chi connectivity index (χ0v) is 23.9. The Morgan fingerprint density at radius 3 is 2.63 bits per heavy atom. The lowest BCUT2D eigenvalue weighted by atomic mass is 10.0. The summed E-state index contributed by atoms with van der Waals surface area (Å²) in [6.45, 7) is 3.14. The maximum atomic E-state index is 12.8. The number of nitrogens with zero attached hydrogens (tertiary/aromatic N) is 4. The highest BCUT2D eigenvalue weighted by molar-refractivity contribution is 6.03. The topological polar surface area (TPSA) is 125 Å². The molecular weight excluding hydrogens is 542 g/mol. The number of rotatable bonds is 8. The summed E-state index contributed by atoms with van der Waals surface area (Å²) >= 11 is 0. The Morgan fingerprint density at radius 2 is 1.81 bits per heavy atom. The number of aromatic nitrogens is 4. The van der Waals surface area contributed by atoms with Crippen LogP contribution in [0.5, 0.6) is 5.75 Å². The van der Waals surface area contributed by atoms with Gasteiger partial charge in [-0.2, -0.15) is 5.10 Å². The largest absolute Gasteiger partial charge is 0.415 e. The van der Waals surface area contributed by atoms with Crippen molar-refractivity contribution in [2.45, 2.75) is 38.6 Å². The van der Waals surface area contributed by atoms with Gasteiger partial charge in [-0.15, -0.1) is 0 Å². The highest BCUT2D eigenvalue weighted by Gasteiger charge is 2.26. The van der Waals surface area contributed by atoms with Gasteiger partial charge in [0.2, 0.25) is 0 Å². The number of amides is 2. The third kappa shape index (κ3) is 6.81. The fourth-order valence-electron chi connectivity index (χ4n) is 5.33. The van der Waals surface area contributed by atoms with Gasteiger partial charge in [0.05, 0.1) is 5.39 Å². The Morgan fingerprint density at radius 1 is 1.00 bits per heavy atom. The molecule has 1 atom stereocenters. The molecule has 1 aliphatic rings. The number of pyridine rings is 2. The molecule has 0 bridgehead atoms. The number of benzene rings is 2. The van der Waals surface area contributed by atoms with Crippen molar-refractivity contribution in [3.05, 3.63) is 107 Å². The molecule has 0 saturated carbocycles. The number of carbonyl (C=O) groups is 2. The van der Waals surface area contributed by atoms with E-state index in [0.29, 0.717) is 35.9 Å². The molecule has 43 heavy (non-hydrogen) atoms. The summed E-state index contributed by atoms with van der Waals surface area (Å²) < 4.78 is 5.55. The zero-order chi connectivity index (χ0) is 29.6. The molecule has 0 aliphatic carbocycles. The van der Waals surface area contributed by atoms with E-state index in [4.69, 9.17) is 4.74 Å². The van der Waals surface area contributed by atoms with Crippen LogP contribution in [0, 0.1) is 6.92 Å². The van der Waals surface area contributed by atoms with Crippen molar-refractivity contribution in [1.82, 2.24) is 25.1 Å². The molecule has 0 unspecified atom stereocenters. The fourth-order valence-corrected chi connectivity index (χ4v) is 5.33. The van der Waals surface area contributed by atoms with Gasteiger partial charge >= 0.3 is 6.09 Å². The monoisotopic (exact) mass is 575 g/mol. The summed E-state index contributed by atoms with van der Waals surface area (Å²) in [7, 11) is 0. The number of H-pyrrole nitrogens is 1. The Hall–Kier alpha value is -5.25. The Kier molecular flexibility index (Phi) is 8.26. The first kappa shape index (κ1) is 27.9. The standard InChI is InChI=1S/C33H33N7O3/c1-22-15-17-34-28(20-22)37-32(41)25-13-10-23(11-14-25)9-12-24-16-18-35-30-29(24)31(39-38-30)36-26-6-5-19-40(21-26)33(42)43-27-7-3-2-4-8-27/h2-4,7-8,10-11,13-18,20,26H,5-6,9,12,19,21H2,1H3,(H,34,37,41)(H2,35,36,38,39)/t26-/m1/s1. The van der Waals surface area contributed by atoms with E-state index in [1.165, 1.54) is 0 Å². The number of anilines is 2. The smallest absolute Gasteiger partial charge is 0.410 e. The average molecular weight is 576 g/mol. The average Bonchev–Trinajstić information content (AvgIpc) is 3.44. The number of hydrogen-bond acceptors (Lipinski definition) is 7.